The molecule has 1 spiro atoms. The fraction of sp³-hybridized carbons (Fsp3) is 0.455. The van der Waals surface area contributed by atoms with Gasteiger partial charge in [-0.2, -0.15) is 0 Å². The third-order valence-corrected chi connectivity index (χ3v) is 11.8. The van der Waals surface area contributed by atoms with E-state index in [1.54, 1.807) is 43.5 Å². The summed E-state index contributed by atoms with van der Waals surface area (Å²) in [7, 11) is 0. The van der Waals surface area contributed by atoms with Gasteiger partial charge in [0.2, 0.25) is 11.8 Å². The van der Waals surface area contributed by atoms with Gasteiger partial charge < -0.3 is 31.4 Å². The van der Waals surface area contributed by atoms with Gasteiger partial charge >= 0.3 is 0 Å². The number of Topliss-reactive ketones (excluding diaryl/α,β-unsaturated/α-hetero) is 1. The highest BCUT2D eigenvalue weighted by Crippen LogP contribution is 2.55. The van der Waals surface area contributed by atoms with E-state index in [2.05, 4.69) is 66.1 Å². The summed E-state index contributed by atoms with van der Waals surface area (Å²) >= 11 is 0. The molecule has 8 atom stereocenters. The van der Waals surface area contributed by atoms with Crippen LogP contribution in [0.3, 0.4) is 0 Å². The number of rotatable bonds is 9. The number of ketones is 1. The zero-order valence-corrected chi connectivity index (χ0v) is 32.2. The molecule has 1 saturated heterocycles. The number of para-hydroxylation sites is 2. The molecule has 3 aromatic rings. The van der Waals surface area contributed by atoms with Crippen molar-refractivity contribution in [3.8, 4) is 0 Å². The molecule has 2 heterocycles. The number of hydrogen-bond donors (Lipinski definition) is 6. The van der Waals surface area contributed by atoms with Gasteiger partial charge in [-0.3, -0.25) is 19.2 Å². The summed E-state index contributed by atoms with van der Waals surface area (Å²) in [4.78, 5) is 59.2. The van der Waals surface area contributed by atoms with Crippen LogP contribution in [0.15, 0.2) is 84.2 Å². The molecule has 0 bridgehead atoms. The lowest BCUT2D eigenvalue weighted by molar-refractivity contribution is -0.145. The monoisotopic (exact) mass is 733 g/mol. The lowest BCUT2D eigenvalue weighted by Crippen LogP contribution is -2.54. The number of aromatic nitrogens is 1. The largest absolute Gasteiger partial charge is 0.391 e. The van der Waals surface area contributed by atoms with Crippen molar-refractivity contribution in [1.29, 1.82) is 0 Å². The molecule has 6 N–H and O–H groups in total. The number of carbonyl (C=O) groups excluding carboxylic acids is 4. The number of hydrogen-bond acceptors (Lipinski definition) is 6. The van der Waals surface area contributed by atoms with Gasteiger partial charge in [0, 0.05) is 58.8 Å². The number of allylic oxidation sites excluding steroid dienone is 4. The van der Waals surface area contributed by atoms with Crippen molar-refractivity contribution in [1.82, 2.24) is 20.9 Å². The van der Waals surface area contributed by atoms with Crippen LogP contribution < -0.4 is 21.3 Å². The number of aliphatic hydroxyl groups is 1. The average Bonchev–Trinajstić information content (AvgIpc) is 3.67. The number of aromatic amines is 1. The van der Waals surface area contributed by atoms with Crippen LogP contribution in [-0.4, -0.2) is 57.8 Å². The van der Waals surface area contributed by atoms with Crippen molar-refractivity contribution in [2.24, 2.45) is 29.1 Å². The topological polar surface area (TPSA) is 152 Å². The van der Waals surface area contributed by atoms with E-state index in [4.69, 9.17) is 0 Å². The minimum atomic E-state index is -1.31. The van der Waals surface area contributed by atoms with Crippen LogP contribution in [0.1, 0.15) is 89.6 Å². The summed E-state index contributed by atoms with van der Waals surface area (Å²) in [5.74, 6) is -1.61. The van der Waals surface area contributed by atoms with E-state index in [1.807, 2.05) is 37.4 Å². The van der Waals surface area contributed by atoms with Crippen molar-refractivity contribution >= 4 is 46.2 Å². The fourth-order valence-electron chi connectivity index (χ4n) is 8.95. The summed E-state index contributed by atoms with van der Waals surface area (Å²) in [5, 5.41) is 24.9. The van der Waals surface area contributed by atoms with Crippen LogP contribution in [-0.2, 0) is 14.4 Å². The van der Waals surface area contributed by atoms with Gasteiger partial charge in [0.05, 0.1) is 17.7 Å². The Hall–Kier alpha value is -4.96. The van der Waals surface area contributed by atoms with E-state index in [0.29, 0.717) is 24.4 Å². The quantitative estimate of drug-likeness (QED) is 0.107. The Bertz CT molecular complexity index is 1990. The van der Waals surface area contributed by atoms with Crippen LogP contribution in [0.2, 0.25) is 0 Å². The van der Waals surface area contributed by atoms with Crippen molar-refractivity contribution in [3.05, 3.63) is 95.4 Å². The SMILES string of the molecule is CC1=C[C@@H]2/C=C(/C)CCC[C@@H](O)[C@@H](Nc3ccccc3C(=O)N[C@H](C)C(=O)N/C=C/c3c[nH]c4ccccc34)CC(=O)[C@]23C(=O)N[C@@H](CC(C)C)[C@@H]3[C@@H]1C. The second-order valence-electron chi connectivity index (χ2n) is 16.1. The first-order valence-electron chi connectivity index (χ1n) is 19.4. The molecule has 10 heteroatoms. The van der Waals surface area contributed by atoms with Crippen molar-refractivity contribution in [2.45, 2.75) is 97.9 Å². The maximum Gasteiger partial charge on any atom is 0.254 e. The number of benzene rings is 2. The summed E-state index contributed by atoms with van der Waals surface area (Å²) in [6, 6.07) is 13.0. The molecule has 3 aliphatic rings. The summed E-state index contributed by atoms with van der Waals surface area (Å²) < 4.78 is 0. The Morgan fingerprint density at radius 1 is 1.04 bits per heavy atom. The molecule has 0 saturated carbocycles. The van der Waals surface area contributed by atoms with Gasteiger partial charge in [0.15, 0.2) is 5.78 Å². The first-order valence-corrected chi connectivity index (χ1v) is 19.4. The molecule has 0 radical (unpaired) electrons. The second kappa shape index (κ2) is 16.2. The van der Waals surface area contributed by atoms with Gasteiger partial charge in [-0.25, -0.2) is 0 Å². The molecule has 2 aliphatic carbocycles. The highest BCUT2D eigenvalue weighted by atomic mass is 16.3. The predicted molar refractivity (Wildman–Crippen MR) is 213 cm³/mol. The number of amides is 3. The Morgan fingerprint density at radius 3 is 2.56 bits per heavy atom. The number of aliphatic hydroxyl groups excluding tert-OH is 1. The van der Waals surface area contributed by atoms with E-state index in [-0.39, 0.29) is 41.6 Å². The van der Waals surface area contributed by atoms with E-state index in [9.17, 15) is 24.3 Å². The molecular weight excluding hydrogens is 679 g/mol. The first kappa shape index (κ1) is 38.8. The first-order chi connectivity index (χ1) is 25.8. The van der Waals surface area contributed by atoms with E-state index in [0.717, 1.165) is 34.9 Å². The summed E-state index contributed by atoms with van der Waals surface area (Å²) in [5.41, 5.74) is 3.57. The number of fused-ring (bicyclic) bond motifs is 1. The molecule has 54 heavy (non-hydrogen) atoms. The van der Waals surface area contributed by atoms with Crippen molar-refractivity contribution < 1.29 is 24.3 Å². The molecule has 10 nitrogen and oxygen atoms in total. The molecule has 2 aromatic carbocycles. The summed E-state index contributed by atoms with van der Waals surface area (Å²) in [6.07, 6.45) is 11.1. The Kier molecular flexibility index (Phi) is 11.6. The normalized spacial score (nSPS) is 29.0. The maximum atomic E-state index is 15.0. The fourth-order valence-corrected chi connectivity index (χ4v) is 8.95. The molecule has 3 amide bonds. The molecule has 6 rings (SSSR count). The zero-order chi connectivity index (χ0) is 38.7. The highest BCUT2D eigenvalue weighted by Gasteiger charge is 2.65. The Labute approximate surface area is 318 Å². The number of carbonyl (C=O) groups is 4. The maximum absolute atomic E-state index is 15.0. The van der Waals surface area contributed by atoms with E-state index >= 15 is 0 Å². The number of anilines is 1. The van der Waals surface area contributed by atoms with Crippen LogP contribution >= 0.6 is 0 Å². The summed E-state index contributed by atoms with van der Waals surface area (Å²) in [6.45, 7) is 12.1. The molecule has 286 valence electrons. The van der Waals surface area contributed by atoms with E-state index < -0.39 is 41.3 Å². The van der Waals surface area contributed by atoms with Crippen LogP contribution in [0.4, 0.5) is 5.69 Å². The van der Waals surface area contributed by atoms with Gasteiger partial charge in [-0.1, -0.05) is 74.4 Å². The average molecular weight is 734 g/mol. The standard InChI is InChI=1S/C44H55N5O5/c1-25(2)20-37-40-28(5)27(4)22-31-21-26(3)12-11-17-38(50)36(23-39(51)44(31,40)43(54)49-37)48-35-16-10-8-14-33(35)42(53)47-29(6)41(52)45-19-18-30-24-46-34-15-9-7-13-32(30)34/h7-10,13-16,18-19,21-22,24-25,28-29,31,36-38,40,46,48,50H,11-12,17,20,23H2,1-6H3,(H,45,52)(H,47,53)(H,49,54)/b19-18+,26-21-/t28-,29-,31+,36+,37+,38-,40+,44-/m1/s1. The Morgan fingerprint density at radius 2 is 1.78 bits per heavy atom. The van der Waals surface area contributed by atoms with Crippen LogP contribution in [0, 0.1) is 29.1 Å². The molecule has 1 aromatic heterocycles. The third-order valence-electron chi connectivity index (χ3n) is 11.8. The lowest BCUT2D eigenvalue weighted by Gasteiger charge is -2.45. The third kappa shape index (κ3) is 7.67. The lowest BCUT2D eigenvalue weighted by atomic mass is 9.54. The number of H-pyrrole nitrogens is 1. The molecular formula is C44H55N5O5. The van der Waals surface area contributed by atoms with E-state index in [1.165, 1.54) is 5.57 Å². The van der Waals surface area contributed by atoms with Crippen LogP contribution in [0.5, 0.6) is 0 Å². The van der Waals surface area contributed by atoms with Gasteiger partial charge in [0.25, 0.3) is 5.91 Å². The minimum absolute atomic E-state index is 0.00990. The van der Waals surface area contributed by atoms with Crippen molar-refractivity contribution in [3.63, 3.8) is 0 Å². The second-order valence-corrected chi connectivity index (χ2v) is 16.1. The number of nitrogens with one attached hydrogen (secondary N) is 5. The predicted octanol–water partition coefficient (Wildman–Crippen LogP) is 6.66. The Balaban J connectivity index is 1.22. The van der Waals surface area contributed by atoms with Gasteiger partial charge in [-0.05, 0) is 82.6 Å². The molecule has 0 unspecified atom stereocenters. The van der Waals surface area contributed by atoms with Crippen LogP contribution in [0.25, 0.3) is 17.0 Å². The molecule has 1 fully saturated rings. The smallest absolute Gasteiger partial charge is 0.254 e. The zero-order valence-electron chi connectivity index (χ0n) is 32.2. The molecule has 1 aliphatic heterocycles. The van der Waals surface area contributed by atoms with Crippen molar-refractivity contribution in [2.75, 3.05) is 5.32 Å². The van der Waals surface area contributed by atoms with Gasteiger partial charge in [-0.15, -0.1) is 0 Å². The highest BCUT2D eigenvalue weighted by molar-refractivity contribution is 6.10. The minimum Gasteiger partial charge on any atom is -0.391 e. The van der Waals surface area contributed by atoms with Gasteiger partial charge in [0.1, 0.15) is 11.5 Å².